The second-order valence-electron chi connectivity index (χ2n) is 7.10. The van der Waals surface area contributed by atoms with E-state index in [1.807, 2.05) is 48.5 Å². The molecule has 4 atom stereocenters. The molecule has 1 saturated carbocycles. The lowest BCUT2D eigenvalue weighted by molar-refractivity contribution is -0.0450. The number of benzene rings is 2. The minimum Gasteiger partial charge on any atom is -0.497 e. The zero-order chi connectivity index (χ0) is 18.6. The average Bonchev–Trinajstić information content (AvgIpc) is 3.41. The maximum absolute atomic E-state index is 6.19. The molecule has 2 aliphatic rings. The molecule has 4 rings (SSSR count). The lowest BCUT2D eigenvalue weighted by Gasteiger charge is -2.22. The van der Waals surface area contributed by atoms with E-state index in [1.54, 1.807) is 14.2 Å². The van der Waals surface area contributed by atoms with Crippen LogP contribution in [0, 0.1) is 5.92 Å². The number of ether oxygens (including phenoxy) is 5. The number of hydrogen-bond acceptors (Lipinski definition) is 5. The van der Waals surface area contributed by atoms with Gasteiger partial charge in [-0.05, 0) is 35.4 Å². The average molecular weight is 370 g/mol. The van der Waals surface area contributed by atoms with Crippen LogP contribution in [0.15, 0.2) is 48.5 Å². The Kier molecular flexibility index (Phi) is 5.62. The number of methoxy groups -OCH3 is 2. The molecule has 0 spiro atoms. The molecular weight excluding hydrogens is 344 g/mol. The monoisotopic (exact) mass is 370 g/mol. The predicted molar refractivity (Wildman–Crippen MR) is 101 cm³/mol. The van der Waals surface area contributed by atoms with E-state index in [1.165, 1.54) is 0 Å². The van der Waals surface area contributed by atoms with Crippen LogP contribution in [0.4, 0.5) is 0 Å². The van der Waals surface area contributed by atoms with E-state index in [0.717, 1.165) is 29.0 Å². The Morgan fingerprint density at radius 3 is 2.04 bits per heavy atom. The Hall–Kier alpha value is -2.08. The molecule has 0 aromatic heterocycles. The third kappa shape index (κ3) is 4.43. The molecule has 1 aliphatic carbocycles. The molecule has 0 radical (unpaired) electrons. The standard InChI is InChI=1S/C22H26O5/c1-23-17-7-3-15(4-8-17)12-25-14-19-20(11-21-22(19)27-21)26-13-16-5-9-18(24-2)10-6-16/h3-10,19-22H,11-14H2,1-2H3/t19-,20+,21-,22+/m1/s1. The highest BCUT2D eigenvalue weighted by Gasteiger charge is 2.56. The van der Waals surface area contributed by atoms with E-state index in [0.29, 0.717) is 37.9 Å². The molecule has 1 saturated heterocycles. The molecule has 27 heavy (non-hydrogen) atoms. The second kappa shape index (κ2) is 8.30. The van der Waals surface area contributed by atoms with Crippen molar-refractivity contribution in [1.82, 2.24) is 0 Å². The summed E-state index contributed by atoms with van der Waals surface area (Å²) in [5.41, 5.74) is 2.29. The number of epoxide rings is 1. The van der Waals surface area contributed by atoms with Crippen LogP contribution in [-0.4, -0.2) is 39.1 Å². The van der Waals surface area contributed by atoms with Crippen molar-refractivity contribution in [2.24, 2.45) is 5.92 Å². The first-order valence-electron chi connectivity index (χ1n) is 9.37. The molecule has 2 aromatic carbocycles. The fraction of sp³-hybridized carbons (Fsp3) is 0.455. The predicted octanol–water partition coefficient (Wildman–Crippen LogP) is 3.59. The van der Waals surface area contributed by atoms with Gasteiger partial charge in [0.25, 0.3) is 0 Å². The van der Waals surface area contributed by atoms with Gasteiger partial charge in [0.2, 0.25) is 0 Å². The molecule has 1 heterocycles. The molecule has 2 fully saturated rings. The molecule has 0 unspecified atom stereocenters. The first-order chi connectivity index (χ1) is 13.3. The van der Waals surface area contributed by atoms with E-state index in [9.17, 15) is 0 Å². The van der Waals surface area contributed by atoms with E-state index in [4.69, 9.17) is 23.7 Å². The molecule has 0 bridgehead atoms. The summed E-state index contributed by atoms with van der Waals surface area (Å²) in [7, 11) is 3.34. The van der Waals surface area contributed by atoms with Gasteiger partial charge in [0.15, 0.2) is 0 Å². The summed E-state index contributed by atoms with van der Waals surface area (Å²) in [6.07, 6.45) is 1.78. The normalized spacial score (nSPS) is 25.9. The summed E-state index contributed by atoms with van der Waals surface area (Å²) in [6, 6.07) is 16.0. The summed E-state index contributed by atoms with van der Waals surface area (Å²) in [6.45, 7) is 1.84. The Bertz CT molecular complexity index is 727. The Morgan fingerprint density at radius 1 is 0.852 bits per heavy atom. The zero-order valence-electron chi connectivity index (χ0n) is 15.8. The fourth-order valence-corrected chi connectivity index (χ4v) is 3.69. The van der Waals surface area contributed by atoms with Crippen molar-refractivity contribution < 1.29 is 23.7 Å². The van der Waals surface area contributed by atoms with Gasteiger partial charge in [-0.15, -0.1) is 0 Å². The molecule has 0 amide bonds. The number of fused-ring (bicyclic) bond motifs is 1. The first kappa shape index (κ1) is 18.3. The highest BCUT2D eigenvalue weighted by molar-refractivity contribution is 5.27. The van der Waals surface area contributed by atoms with Gasteiger partial charge in [0.1, 0.15) is 11.5 Å². The summed E-state index contributed by atoms with van der Waals surface area (Å²) in [4.78, 5) is 0. The maximum atomic E-state index is 6.19. The van der Waals surface area contributed by atoms with Crippen molar-refractivity contribution in [2.45, 2.75) is 37.9 Å². The van der Waals surface area contributed by atoms with Gasteiger partial charge >= 0.3 is 0 Å². The number of hydrogen-bond donors (Lipinski definition) is 0. The van der Waals surface area contributed by atoms with Gasteiger partial charge in [0, 0.05) is 12.3 Å². The third-order valence-corrected chi connectivity index (χ3v) is 5.35. The molecule has 0 N–H and O–H groups in total. The van der Waals surface area contributed by atoms with Crippen LogP contribution in [0.25, 0.3) is 0 Å². The Balaban J connectivity index is 1.26. The van der Waals surface area contributed by atoms with Crippen LogP contribution in [0.3, 0.4) is 0 Å². The topological polar surface area (TPSA) is 49.5 Å². The molecule has 5 nitrogen and oxygen atoms in total. The van der Waals surface area contributed by atoms with Crippen molar-refractivity contribution in [3.8, 4) is 11.5 Å². The molecule has 5 heteroatoms. The molecule has 2 aromatic rings. The molecule has 144 valence electrons. The Morgan fingerprint density at radius 2 is 1.44 bits per heavy atom. The van der Waals surface area contributed by atoms with E-state index < -0.39 is 0 Å². The zero-order valence-corrected chi connectivity index (χ0v) is 15.8. The maximum Gasteiger partial charge on any atom is 0.118 e. The first-order valence-corrected chi connectivity index (χ1v) is 9.37. The van der Waals surface area contributed by atoms with Gasteiger partial charge in [-0.1, -0.05) is 24.3 Å². The van der Waals surface area contributed by atoms with Crippen LogP contribution in [-0.2, 0) is 27.4 Å². The fourth-order valence-electron chi connectivity index (χ4n) is 3.69. The summed E-state index contributed by atoms with van der Waals surface area (Å²) in [5.74, 6) is 2.02. The van der Waals surface area contributed by atoms with Crippen LogP contribution in [0.5, 0.6) is 11.5 Å². The molecule has 1 aliphatic heterocycles. The summed E-state index contributed by atoms with van der Waals surface area (Å²) < 4.78 is 28.3. The minimum atomic E-state index is 0.187. The SMILES string of the molecule is COc1ccc(COC[C@H]2[C@@H]3O[C@@H]3C[C@@H]2OCc2ccc(OC)cc2)cc1. The molecular formula is C22H26O5. The van der Waals surface area contributed by atoms with Crippen LogP contribution in [0.1, 0.15) is 17.5 Å². The highest BCUT2D eigenvalue weighted by Crippen LogP contribution is 2.45. The van der Waals surface area contributed by atoms with Gasteiger partial charge in [-0.2, -0.15) is 0 Å². The largest absolute Gasteiger partial charge is 0.497 e. The van der Waals surface area contributed by atoms with Crippen LogP contribution < -0.4 is 9.47 Å². The second-order valence-corrected chi connectivity index (χ2v) is 7.10. The summed E-state index contributed by atoms with van der Waals surface area (Å²) in [5, 5.41) is 0. The highest BCUT2D eigenvalue weighted by atomic mass is 16.6. The van der Waals surface area contributed by atoms with Gasteiger partial charge < -0.3 is 23.7 Å². The van der Waals surface area contributed by atoms with Crippen molar-refractivity contribution >= 4 is 0 Å². The van der Waals surface area contributed by atoms with Crippen molar-refractivity contribution in [3.63, 3.8) is 0 Å². The van der Waals surface area contributed by atoms with E-state index >= 15 is 0 Å². The third-order valence-electron chi connectivity index (χ3n) is 5.35. The van der Waals surface area contributed by atoms with Gasteiger partial charge in [-0.25, -0.2) is 0 Å². The minimum absolute atomic E-state index is 0.187. The smallest absolute Gasteiger partial charge is 0.118 e. The van der Waals surface area contributed by atoms with Crippen molar-refractivity contribution in [1.29, 1.82) is 0 Å². The lowest BCUT2D eigenvalue weighted by atomic mass is 10.1. The van der Waals surface area contributed by atoms with Crippen molar-refractivity contribution in [2.75, 3.05) is 20.8 Å². The van der Waals surface area contributed by atoms with Crippen molar-refractivity contribution in [3.05, 3.63) is 59.7 Å². The van der Waals surface area contributed by atoms with Gasteiger partial charge in [0.05, 0.1) is 52.4 Å². The van der Waals surface area contributed by atoms with E-state index in [-0.39, 0.29) is 6.10 Å². The van der Waals surface area contributed by atoms with Gasteiger partial charge in [-0.3, -0.25) is 0 Å². The number of rotatable bonds is 9. The van der Waals surface area contributed by atoms with Crippen LogP contribution in [0.2, 0.25) is 0 Å². The van der Waals surface area contributed by atoms with Crippen LogP contribution >= 0.6 is 0 Å². The lowest BCUT2D eigenvalue weighted by Crippen LogP contribution is -2.28. The Labute approximate surface area is 160 Å². The van der Waals surface area contributed by atoms with E-state index in [2.05, 4.69) is 0 Å². The quantitative estimate of drug-likeness (QED) is 0.632. The summed E-state index contributed by atoms with van der Waals surface area (Å²) >= 11 is 0.